The number of carbonyl (C=O) groups is 1. The van der Waals surface area contributed by atoms with E-state index in [1.807, 2.05) is 12.1 Å². The summed E-state index contributed by atoms with van der Waals surface area (Å²) in [6.07, 6.45) is 2.60. The standard InChI is InChI=1S/C18H20N2O4/c1-23-15-7-2-3-8-16(15)24-11-18(22)20-14-6-4-5-13-12(14)9-10-17(21)19-13/h2-3,7-10,14H,4-6,11H2,1H3,(H,19,21)(H,20,22)/t14-/m0/s1. The number of nitrogens with one attached hydrogen (secondary N) is 2. The maximum absolute atomic E-state index is 12.2. The van der Waals surface area contributed by atoms with Gasteiger partial charge >= 0.3 is 0 Å². The molecule has 2 N–H and O–H groups in total. The monoisotopic (exact) mass is 328 g/mol. The molecule has 0 saturated heterocycles. The summed E-state index contributed by atoms with van der Waals surface area (Å²) in [5, 5.41) is 2.98. The van der Waals surface area contributed by atoms with Crippen molar-refractivity contribution in [1.82, 2.24) is 10.3 Å². The first-order chi connectivity index (χ1) is 11.7. The summed E-state index contributed by atoms with van der Waals surface area (Å²) in [6, 6.07) is 10.4. The number of H-pyrrole nitrogens is 1. The van der Waals surface area contributed by atoms with Gasteiger partial charge in [0.15, 0.2) is 18.1 Å². The van der Waals surface area contributed by atoms with E-state index in [0.717, 1.165) is 30.5 Å². The van der Waals surface area contributed by atoms with E-state index in [-0.39, 0.29) is 24.1 Å². The number of benzene rings is 1. The van der Waals surface area contributed by atoms with E-state index in [1.54, 1.807) is 25.3 Å². The second-order valence-electron chi connectivity index (χ2n) is 5.71. The number of carbonyl (C=O) groups excluding carboxylic acids is 1. The Morgan fingerprint density at radius 1 is 1.25 bits per heavy atom. The molecule has 3 rings (SSSR count). The smallest absolute Gasteiger partial charge is 0.258 e. The molecule has 1 heterocycles. The molecular weight excluding hydrogens is 308 g/mol. The second-order valence-corrected chi connectivity index (χ2v) is 5.71. The molecule has 1 aromatic heterocycles. The van der Waals surface area contributed by atoms with Gasteiger partial charge in [0.1, 0.15) is 0 Å². The van der Waals surface area contributed by atoms with E-state index < -0.39 is 0 Å². The van der Waals surface area contributed by atoms with Crippen LogP contribution < -0.4 is 20.3 Å². The average Bonchev–Trinajstić information content (AvgIpc) is 2.60. The van der Waals surface area contributed by atoms with Crippen LogP contribution in [0.15, 0.2) is 41.2 Å². The number of ether oxygens (including phenoxy) is 2. The Bertz CT molecular complexity index is 785. The number of hydrogen-bond donors (Lipinski definition) is 2. The van der Waals surface area contributed by atoms with Gasteiger partial charge in [-0.25, -0.2) is 0 Å². The number of para-hydroxylation sites is 2. The lowest BCUT2D eigenvalue weighted by molar-refractivity contribution is -0.124. The number of aryl methyl sites for hydroxylation is 1. The Hall–Kier alpha value is -2.76. The third-order valence-electron chi connectivity index (χ3n) is 4.09. The van der Waals surface area contributed by atoms with Crippen LogP contribution in [0.1, 0.15) is 30.1 Å². The van der Waals surface area contributed by atoms with Crippen LogP contribution >= 0.6 is 0 Å². The van der Waals surface area contributed by atoms with Crippen molar-refractivity contribution in [3.63, 3.8) is 0 Å². The van der Waals surface area contributed by atoms with Gasteiger partial charge in [-0.1, -0.05) is 12.1 Å². The van der Waals surface area contributed by atoms with Gasteiger partial charge in [-0.15, -0.1) is 0 Å². The highest BCUT2D eigenvalue weighted by Crippen LogP contribution is 2.28. The van der Waals surface area contributed by atoms with Gasteiger partial charge in [0.2, 0.25) is 5.56 Å². The summed E-state index contributed by atoms with van der Waals surface area (Å²) in [7, 11) is 1.56. The Morgan fingerprint density at radius 2 is 2.04 bits per heavy atom. The highest BCUT2D eigenvalue weighted by molar-refractivity contribution is 5.78. The number of hydrogen-bond acceptors (Lipinski definition) is 4. The van der Waals surface area contributed by atoms with Crippen LogP contribution in [0.5, 0.6) is 11.5 Å². The molecule has 0 bridgehead atoms. The summed E-state index contributed by atoms with van der Waals surface area (Å²) in [4.78, 5) is 26.5. The summed E-state index contributed by atoms with van der Waals surface area (Å²) in [6.45, 7) is -0.0877. The quantitative estimate of drug-likeness (QED) is 0.879. The molecule has 2 aromatic rings. The van der Waals surface area contributed by atoms with Crippen LogP contribution in [0.3, 0.4) is 0 Å². The zero-order chi connectivity index (χ0) is 16.9. The normalized spacial score (nSPS) is 16.1. The number of rotatable bonds is 5. The van der Waals surface area contributed by atoms with Crippen LogP contribution in [0.4, 0.5) is 0 Å². The fourth-order valence-corrected chi connectivity index (χ4v) is 2.97. The van der Waals surface area contributed by atoms with Crippen molar-refractivity contribution in [1.29, 1.82) is 0 Å². The molecule has 6 heteroatoms. The number of methoxy groups -OCH3 is 1. The van der Waals surface area contributed by atoms with Crippen LogP contribution in [0.2, 0.25) is 0 Å². The summed E-state index contributed by atoms with van der Waals surface area (Å²) in [5.74, 6) is 0.916. The summed E-state index contributed by atoms with van der Waals surface area (Å²) < 4.78 is 10.7. The highest BCUT2D eigenvalue weighted by Gasteiger charge is 2.22. The molecular formula is C18H20N2O4. The topological polar surface area (TPSA) is 80.4 Å². The van der Waals surface area contributed by atoms with Crippen LogP contribution in [0.25, 0.3) is 0 Å². The zero-order valence-corrected chi connectivity index (χ0v) is 13.5. The van der Waals surface area contributed by atoms with E-state index in [9.17, 15) is 9.59 Å². The number of fused-ring (bicyclic) bond motifs is 1. The largest absolute Gasteiger partial charge is 0.493 e. The van der Waals surface area contributed by atoms with Gasteiger partial charge < -0.3 is 19.8 Å². The Kier molecular flexibility index (Phi) is 4.84. The van der Waals surface area contributed by atoms with E-state index >= 15 is 0 Å². The molecule has 1 aliphatic rings. The van der Waals surface area contributed by atoms with Crippen molar-refractivity contribution >= 4 is 5.91 Å². The summed E-state index contributed by atoms with van der Waals surface area (Å²) >= 11 is 0. The van der Waals surface area contributed by atoms with Crippen molar-refractivity contribution in [2.24, 2.45) is 0 Å². The van der Waals surface area contributed by atoms with Crippen molar-refractivity contribution in [3.8, 4) is 11.5 Å². The maximum Gasteiger partial charge on any atom is 0.258 e. The molecule has 126 valence electrons. The minimum atomic E-state index is -0.204. The highest BCUT2D eigenvalue weighted by atomic mass is 16.5. The molecule has 1 atom stereocenters. The minimum Gasteiger partial charge on any atom is -0.493 e. The molecule has 1 amide bonds. The zero-order valence-electron chi connectivity index (χ0n) is 13.5. The van der Waals surface area contributed by atoms with E-state index in [1.165, 1.54) is 6.07 Å². The molecule has 6 nitrogen and oxygen atoms in total. The first-order valence-electron chi connectivity index (χ1n) is 7.94. The first kappa shape index (κ1) is 16.1. The van der Waals surface area contributed by atoms with Gasteiger partial charge in [0.25, 0.3) is 5.91 Å². The van der Waals surface area contributed by atoms with E-state index in [2.05, 4.69) is 10.3 Å². The molecule has 0 fully saturated rings. The molecule has 1 aliphatic carbocycles. The molecule has 1 aromatic carbocycles. The maximum atomic E-state index is 12.2. The van der Waals surface area contributed by atoms with Gasteiger partial charge in [0, 0.05) is 11.8 Å². The molecule has 24 heavy (non-hydrogen) atoms. The SMILES string of the molecule is COc1ccccc1OCC(=O)N[C@H]1CCCc2[nH]c(=O)ccc21. The fourth-order valence-electron chi connectivity index (χ4n) is 2.97. The van der Waals surface area contributed by atoms with Gasteiger partial charge in [0.05, 0.1) is 13.2 Å². The predicted octanol–water partition coefficient (Wildman–Crippen LogP) is 1.96. The Labute approximate surface area is 139 Å². The minimum absolute atomic E-state index is 0.0877. The second kappa shape index (κ2) is 7.21. The fraction of sp³-hybridized carbons (Fsp3) is 0.333. The average molecular weight is 328 g/mol. The molecule has 0 aliphatic heterocycles. The lowest BCUT2D eigenvalue weighted by Crippen LogP contribution is -2.35. The number of pyridine rings is 1. The third-order valence-corrected chi connectivity index (χ3v) is 4.09. The van der Waals surface area contributed by atoms with Crippen molar-refractivity contribution in [2.75, 3.05) is 13.7 Å². The third kappa shape index (κ3) is 3.59. The summed E-state index contributed by atoms with van der Waals surface area (Å²) in [5.41, 5.74) is 1.77. The number of aromatic nitrogens is 1. The Balaban J connectivity index is 1.63. The number of aromatic amines is 1. The van der Waals surface area contributed by atoms with Gasteiger partial charge in [-0.3, -0.25) is 9.59 Å². The van der Waals surface area contributed by atoms with E-state index in [4.69, 9.17) is 9.47 Å². The van der Waals surface area contributed by atoms with Crippen LogP contribution in [0, 0.1) is 0 Å². The molecule has 0 radical (unpaired) electrons. The lowest BCUT2D eigenvalue weighted by Gasteiger charge is -2.25. The predicted molar refractivity (Wildman–Crippen MR) is 89.4 cm³/mol. The molecule has 0 spiro atoms. The lowest BCUT2D eigenvalue weighted by atomic mass is 9.91. The van der Waals surface area contributed by atoms with Gasteiger partial charge in [-0.2, -0.15) is 0 Å². The van der Waals surface area contributed by atoms with Gasteiger partial charge in [-0.05, 0) is 43.0 Å². The van der Waals surface area contributed by atoms with Crippen molar-refractivity contribution < 1.29 is 14.3 Å². The van der Waals surface area contributed by atoms with Crippen molar-refractivity contribution in [3.05, 3.63) is 58.0 Å². The van der Waals surface area contributed by atoms with Crippen molar-refractivity contribution in [2.45, 2.75) is 25.3 Å². The van der Waals surface area contributed by atoms with E-state index in [0.29, 0.717) is 11.5 Å². The molecule has 0 saturated carbocycles. The van der Waals surface area contributed by atoms with Crippen LogP contribution in [-0.4, -0.2) is 24.6 Å². The number of amides is 1. The first-order valence-corrected chi connectivity index (χ1v) is 7.94. The van der Waals surface area contributed by atoms with Crippen LogP contribution in [-0.2, 0) is 11.2 Å². The molecule has 0 unspecified atom stereocenters. The Morgan fingerprint density at radius 3 is 2.83 bits per heavy atom.